The maximum atomic E-state index is 6.29. The SMILES string of the molecule is CC1=C(c2ccccc2)C=C(c2cccc3c4ccccc4c4cc(-c5ccc6c(c5)OCc5ccccc5-6)ccc4c23)C=C(c2ccccc2)C1. The topological polar surface area (TPSA) is 9.23 Å². The highest BCUT2D eigenvalue weighted by molar-refractivity contribution is 6.28. The van der Waals surface area contributed by atoms with Crippen LogP contribution in [0.5, 0.6) is 5.75 Å². The van der Waals surface area contributed by atoms with E-state index >= 15 is 0 Å². The van der Waals surface area contributed by atoms with E-state index in [1.165, 1.54) is 88.0 Å². The first kappa shape index (κ1) is 30.4. The van der Waals surface area contributed by atoms with E-state index in [-0.39, 0.29) is 0 Å². The van der Waals surface area contributed by atoms with Crippen molar-refractivity contribution in [3.05, 3.63) is 204 Å². The van der Waals surface area contributed by atoms with Crippen molar-refractivity contribution in [3.8, 4) is 28.0 Å². The van der Waals surface area contributed by atoms with E-state index in [0.29, 0.717) is 6.61 Å². The molecule has 1 aliphatic heterocycles. The predicted octanol–water partition coefficient (Wildman–Crippen LogP) is 13.7. The third-order valence-electron chi connectivity index (χ3n) is 11.0. The van der Waals surface area contributed by atoms with Crippen LogP contribution in [0.3, 0.4) is 0 Å². The van der Waals surface area contributed by atoms with Crippen molar-refractivity contribution in [3.63, 3.8) is 0 Å². The van der Waals surface area contributed by atoms with Crippen LogP contribution in [0.1, 0.15) is 35.6 Å². The first-order valence-electron chi connectivity index (χ1n) is 18.2. The van der Waals surface area contributed by atoms with Gasteiger partial charge in [0.05, 0.1) is 0 Å². The summed E-state index contributed by atoms with van der Waals surface area (Å²) in [5.74, 6) is 0.945. The number of benzene rings is 8. The van der Waals surface area contributed by atoms with Crippen molar-refractivity contribution in [2.45, 2.75) is 20.0 Å². The van der Waals surface area contributed by atoms with Gasteiger partial charge in [-0.3, -0.25) is 0 Å². The molecule has 0 fully saturated rings. The molecule has 0 aromatic heterocycles. The second-order valence-corrected chi connectivity index (χ2v) is 14.1. The fourth-order valence-corrected chi connectivity index (χ4v) is 8.41. The first-order valence-corrected chi connectivity index (χ1v) is 18.2. The van der Waals surface area contributed by atoms with Crippen LogP contribution in [0.15, 0.2) is 182 Å². The fraction of sp³-hybridized carbons (Fsp3) is 0.0588. The molecule has 0 N–H and O–H groups in total. The molecule has 0 saturated carbocycles. The standard InChI is InChI=1S/C51H36O/c1-33-27-39(34-13-4-2-5-14-34)28-40(30-48(33)35-15-6-3-7-16-35)42-21-12-22-46-43-19-10-11-20-44(43)49-29-36(24-26-47(49)51(42)46)37-23-25-45-41-18-9-8-17-38(41)32-52-50(45)31-37/h2-26,28-31H,27,32H2,1H3. The molecule has 0 radical (unpaired) electrons. The summed E-state index contributed by atoms with van der Waals surface area (Å²) < 4.78 is 6.29. The molecule has 0 bridgehead atoms. The summed E-state index contributed by atoms with van der Waals surface area (Å²) in [4.78, 5) is 0. The molecule has 8 aromatic rings. The van der Waals surface area contributed by atoms with Gasteiger partial charge in [-0.2, -0.15) is 0 Å². The molecule has 0 saturated heterocycles. The Balaban J connectivity index is 1.20. The van der Waals surface area contributed by atoms with Crippen molar-refractivity contribution in [2.24, 2.45) is 0 Å². The Bertz CT molecular complexity index is 2800. The molecule has 1 heteroatoms. The summed E-state index contributed by atoms with van der Waals surface area (Å²) in [6, 6.07) is 59.7. The second kappa shape index (κ2) is 12.4. The van der Waals surface area contributed by atoms with Crippen LogP contribution < -0.4 is 4.74 Å². The van der Waals surface area contributed by atoms with E-state index in [0.717, 1.165) is 23.3 Å². The molecule has 0 spiro atoms. The molecule has 0 atom stereocenters. The third-order valence-corrected chi connectivity index (χ3v) is 11.0. The van der Waals surface area contributed by atoms with Crippen LogP contribution in [0.2, 0.25) is 0 Å². The Kier molecular flexibility index (Phi) is 7.25. The minimum absolute atomic E-state index is 0.598. The summed E-state index contributed by atoms with van der Waals surface area (Å²) in [6.07, 6.45) is 5.75. The molecule has 8 aromatic carbocycles. The largest absolute Gasteiger partial charge is 0.488 e. The maximum Gasteiger partial charge on any atom is 0.128 e. The van der Waals surface area contributed by atoms with Gasteiger partial charge in [-0.05, 0) is 120 Å². The zero-order chi connectivity index (χ0) is 34.6. The minimum Gasteiger partial charge on any atom is -0.488 e. The summed E-state index contributed by atoms with van der Waals surface area (Å²) in [5, 5.41) is 7.62. The summed E-state index contributed by atoms with van der Waals surface area (Å²) in [6.45, 7) is 2.89. The van der Waals surface area contributed by atoms with Gasteiger partial charge >= 0.3 is 0 Å². The van der Waals surface area contributed by atoms with E-state index < -0.39 is 0 Å². The number of hydrogen-bond donors (Lipinski definition) is 0. The molecule has 2 aliphatic rings. The average molecular weight is 665 g/mol. The van der Waals surface area contributed by atoms with Gasteiger partial charge in [0, 0.05) is 5.56 Å². The molecule has 1 heterocycles. The Morgan fingerprint density at radius 3 is 1.90 bits per heavy atom. The Morgan fingerprint density at radius 2 is 1.08 bits per heavy atom. The fourth-order valence-electron chi connectivity index (χ4n) is 8.41. The third kappa shape index (κ3) is 5.09. The normalized spacial score (nSPS) is 14.0. The molecule has 1 nitrogen and oxygen atoms in total. The maximum absolute atomic E-state index is 6.29. The van der Waals surface area contributed by atoms with Crippen LogP contribution in [0, 0.1) is 0 Å². The monoisotopic (exact) mass is 664 g/mol. The first-order chi connectivity index (χ1) is 25.7. The lowest BCUT2D eigenvalue weighted by molar-refractivity contribution is 0.302. The van der Waals surface area contributed by atoms with Gasteiger partial charge in [-0.25, -0.2) is 0 Å². The molecule has 246 valence electrons. The van der Waals surface area contributed by atoms with E-state index in [1.54, 1.807) is 0 Å². The number of allylic oxidation sites excluding steroid dienone is 6. The average Bonchev–Trinajstić information content (AvgIpc) is 3.39. The Morgan fingerprint density at radius 1 is 0.442 bits per heavy atom. The van der Waals surface area contributed by atoms with Crippen molar-refractivity contribution in [1.29, 1.82) is 0 Å². The predicted molar refractivity (Wildman–Crippen MR) is 220 cm³/mol. The van der Waals surface area contributed by atoms with Gasteiger partial charge in [0.25, 0.3) is 0 Å². The molecular formula is C51H36O. The summed E-state index contributed by atoms with van der Waals surface area (Å²) in [5.41, 5.74) is 15.0. The number of rotatable bonds is 4. The highest BCUT2D eigenvalue weighted by Crippen LogP contribution is 2.45. The van der Waals surface area contributed by atoms with Crippen molar-refractivity contribution < 1.29 is 4.74 Å². The van der Waals surface area contributed by atoms with Crippen LogP contribution in [0.25, 0.3) is 71.3 Å². The molecule has 10 rings (SSSR count). The summed E-state index contributed by atoms with van der Waals surface area (Å²) >= 11 is 0. The van der Waals surface area contributed by atoms with Crippen LogP contribution in [0.4, 0.5) is 0 Å². The van der Waals surface area contributed by atoms with Crippen molar-refractivity contribution in [1.82, 2.24) is 0 Å². The Labute approximate surface area is 304 Å². The number of fused-ring (bicyclic) bond motifs is 9. The second-order valence-electron chi connectivity index (χ2n) is 14.1. The highest BCUT2D eigenvalue weighted by atomic mass is 16.5. The molecule has 0 unspecified atom stereocenters. The molecule has 1 aliphatic carbocycles. The van der Waals surface area contributed by atoms with E-state index in [1.807, 2.05) is 0 Å². The lowest BCUT2D eigenvalue weighted by Crippen LogP contribution is -2.05. The van der Waals surface area contributed by atoms with Gasteiger partial charge in [0.2, 0.25) is 0 Å². The minimum atomic E-state index is 0.598. The van der Waals surface area contributed by atoms with Crippen LogP contribution in [-0.4, -0.2) is 0 Å². The van der Waals surface area contributed by atoms with E-state index in [2.05, 4.69) is 183 Å². The number of ether oxygens (including phenoxy) is 1. The van der Waals surface area contributed by atoms with Gasteiger partial charge < -0.3 is 4.74 Å². The van der Waals surface area contributed by atoms with E-state index in [4.69, 9.17) is 4.74 Å². The Hall–Kier alpha value is -6.44. The van der Waals surface area contributed by atoms with Crippen LogP contribution >= 0.6 is 0 Å². The van der Waals surface area contributed by atoms with Gasteiger partial charge in [0.1, 0.15) is 12.4 Å². The lowest BCUT2D eigenvalue weighted by Gasteiger charge is -2.21. The van der Waals surface area contributed by atoms with E-state index in [9.17, 15) is 0 Å². The lowest BCUT2D eigenvalue weighted by atomic mass is 9.87. The number of hydrogen-bond acceptors (Lipinski definition) is 1. The molecular weight excluding hydrogens is 629 g/mol. The quantitative estimate of drug-likeness (QED) is 0.170. The van der Waals surface area contributed by atoms with Gasteiger partial charge in [-0.1, -0.05) is 163 Å². The van der Waals surface area contributed by atoms with Gasteiger partial charge in [-0.15, -0.1) is 0 Å². The zero-order valence-electron chi connectivity index (χ0n) is 29.1. The van der Waals surface area contributed by atoms with Crippen molar-refractivity contribution in [2.75, 3.05) is 0 Å². The smallest absolute Gasteiger partial charge is 0.128 e. The molecule has 52 heavy (non-hydrogen) atoms. The van der Waals surface area contributed by atoms with Gasteiger partial charge in [0.15, 0.2) is 0 Å². The molecule has 0 amide bonds. The van der Waals surface area contributed by atoms with Crippen LogP contribution in [-0.2, 0) is 6.61 Å². The highest BCUT2D eigenvalue weighted by Gasteiger charge is 2.20. The van der Waals surface area contributed by atoms with Crippen molar-refractivity contribution >= 4 is 49.0 Å². The summed E-state index contributed by atoms with van der Waals surface area (Å²) in [7, 11) is 0. The zero-order valence-corrected chi connectivity index (χ0v) is 29.1.